The summed E-state index contributed by atoms with van der Waals surface area (Å²) < 4.78 is 2.14. The van der Waals surface area contributed by atoms with Gasteiger partial charge in [-0.3, -0.25) is 4.79 Å². The van der Waals surface area contributed by atoms with Crippen LogP contribution in [0.2, 0.25) is 0 Å². The van der Waals surface area contributed by atoms with Crippen LogP contribution in [0.15, 0.2) is 42.5 Å². The number of nitrogens with zero attached hydrogens (tertiary/aromatic N) is 2. The van der Waals surface area contributed by atoms with Gasteiger partial charge in [0, 0.05) is 6.54 Å². The fraction of sp³-hybridized carbons (Fsp3) is 0.300. The highest BCUT2D eigenvalue weighted by Gasteiger charge is 2.10. The van der Waals surface area contributed by atoms with Gasteiger partial charge < -0.3 is 9.88 Å². The number of hydrogen-bond acceptors (Lipinski definition) is 2. The molecule has 0 spiro atoms. The molecule has 0 saturated carbocycles. The molecule has 1 heterocycles. The van der Waals surface area contributed by atoms with Crippen molar-refractivity contribution in [2.75, 3.05) is 0 Å². The summed E-state index contributed by atoms with van der Waals surface area (Å²) >= 11 is 0. The van der Waals surface area contributed by atoms with Crippen molar-refractivity contribution < 1.29 is 4.79 Å². The average molecular weight is 321 g/mol. The molecule has 0 aliphatic rings. The van der Waals surface area contributed by atoms with Crippen molar-refractivity contribution in [1.29, 1.82) is 0 Å². The molecule has 4 nitrogen and oxygen atoms in total. The van der Waals surface area contributed by atoms with Crippen molar-refractivity contribution in [3.8, 4) is 0 Å². The molecule has 0 fully saturated rings. The highest BCUT2D eigenvalue weighted by Crippen LogP contribution is 2.16. The minimum atomic E-state index is 0.0213. The van der Waals surface area contributed by atoms with Crippen molar-refractivity contribution >= 4 is 16.9 Å². The molecule has 2 aromatic carbocycles. The van der Waals surface area contributed by atoms with Crippen molar-refractivity contribution in [2.24, 2.45) is 0 Å². The Bertz CT molecular complexity index is 880. The maximum atomic E-state index is 12.2. The number of nitrogens with one attached hydrogen (secondary N) is 1. The Labute approximate surface area is 142 Å². The van der Waals surface area contributed by atoms with Crippen LogP contribution in [0.1, 0.15) is 29.4 Å². The monoisotopic (exact) mass is 321 g/mol. The number of rotatable bonds is 5. The zero-order chi connectivity index (χ0) is 17.1. The van der Waals surface area contributed by atoms with Crippen molar-refractivity contribution in [2.45, 2.75) is 40.3 Å². The quantitative estimate of drug-likeness (QED) is 0.781. The van der Waals surface area contributed by atoms with E-state index in [-0.39, 0.29) is 5.91 Å². The molecule has 1 amide bonds. The van der Waals surface area contributed by atoms with E-state index in [0.717, 1.165) is 29.0 Å². The van der Waals surface area contributed by atoms with E-state index >= 15 is 0 Å². The molecular formula is C20H23N3O. The summed E-state index contributed by atoms with van der Waals surface area (Å²) in [7, 11) is 0. The van der Waals surface area contributed by atoms with Gasteiger partial charge in [-0.05, 0) is 49.6 Å². The number of carbonyl (C=O) groups excluding carboxylic acids is 1. The summed E-state index contributed by atoms with van der Waals surface area (Å²) in [5.74, 6) is 0.917. The van der Waals surface area contributed by atoms with Crippen molar-refractivity contribution in [3.05, 3.63) is 65.0 Å². The lowest BCUT2D eigenvalue weighted by atomic mass is 10.0. The predicted octanol–water partition coefficient (Wildman–Crippen LogP) is 3.53. The molecule has 3 rings (SSSR count). The molecule has 124 valence electrons. The largest absolute Gasteiger partial charge is 0.349 e. The zero-order valence-corrected chi connectivity index (χ0v) is 14.5. The SMILES string of the molecule is CCn1c(CNC(=O)Cc2ccc(C)c(C)c2)nc2ccccc21. The maximum absolute atomic E-state index is 12.2. The van der Waals surface area contributed by atoms with E-state index in [9.17, 15) is 4.79 Å². The third-order valence-electron chi connectivity index (χ3n) is 4.43. The molecular weight excluding hydrogens is 298 g/mol. The van der Waals surface area contributed by atoms with Crippen LogP contribution in [-0.2, 0) is 24.3 Å². The van der Waals surface area contributed by atoms with E-state index < -0.39 is 0 Å². The first-order valence-corrected chi connectivity index (χ1v) is 8.35. The van der Waals surface area contributed by atoms with Crippen LogP contribution in [0, 0.1) is 13.8 Å². The van der Waals surface area contributed by atoms with E-state index in [0.29, 0.717) is 13.0 Å². The fourth-order valence-corrected chi connectivity index (χ4v) is 2.95. The molecule has 4 heteroatoms. The van der Waals surface area contributed by atoms with Crippen LogP contribution < -0.4 is 5.32 Å². The molecule has 0 saturated heterocycles. The lowest BCUT2D eigenvalue weighted by molar-refractivity contribution is -0.120. The average Bonchev–Trinajstić information content (AvgIpc) is 2.94. The molecule has 24 heavy (non-hydrogen) atoms. The third kappa shape index (κ3) is 3.32. The second-order valence-corrected chi connectivity index (χ2v) is 6.13. The van der Waals surface area contributed by atoms with Gasteiger partial charge in [-0.1, -0.05) is 30.3 Å². The van der Waals surface area contributed by atoms with Crippen LogP contribution in [-0.4, -0.2) is 15.5 Å². The number of amides is 1. The summed E-state index contributed by atoms with van der Waals surface area (Å²) in [5, 5.41) is 2.99. The molecule has 0 unspecified atom stereocenters. The number of aromatic nitrogens is 2. The molecule has 0 aliphatic heterocycles. The first kappa shape index (κ1) is 16.2. The lowest BCUT2D eigenvalue weighted by Crippen LogP contribution is -2.26. The summed E-state index contributed by atoms with van der Waals surface area (Å²) in [6.45, 7) is 7.53. The van der Waals surface area contributed by atoms with Crippen LogP contribution in [0.3, 0.4) is 0 Å². The highest BCUT2D eigenvalue weighted by atomic mass is 16.1. The number of carbonyl (C=O) groups is 1. The minimum Gasteiger partial charge on any atom is -0.349 e. The van der Waals surface area contributed by atoms with E-state index in [4.69, 9.17) is 0 Å². The summed E-state index contributed by atoms with van der Waals surface area (Å²) in [6.07, 6.45) is 0.396. The van der Waals surface area contributed by atoms with Crippen molar-refractivity contribution in [3.63, 3.8) is 0 Å². The summed E-state index contributed by atoms with van der Waals surface area (Å²) in [6, 6.07) is 14.2. The highest BCUT2D eigenvalue weighted by molar-refractivity contribution is 5.79. The minimum absolute atomic E-state index is 0.0213. The van der Waals surface area contributed by atoms with Gasteiger partial charge >= 0.3 is 0 Å². The Morgan fingerprint density at radius 3 is 2.67 bits per heavy atom. The number of aryl methyl sites for hydroxylation is 3. The molecule has 1 aromatic heterocycles. The normalized spacial score (nSPS) is 11.0. The number of para-hydroxylation sites is 2. The van der Waals surface area contributed by atoms with Gasteiger partial charge in [-0.25, -0.2) is 4.98 Å². The van der Waals surface area contributed by atoms with Crippen LogP contribution in [0.4, 0.5) is 0 Å². The summed E-state index contributed by atoms with van der Waals surface area (Å²) in [4.78, 5) is 16.9. The maximum Gasteiger partial charge on any atom is 0.224 e. The second-order valence-electron chi connectivity index (χ2n) is 6.13. The first-order valence-electron chi connectivity index (χ1n) is 8.35. The second kappa shape index (κ2) is 6.87. The fourth-order valence-electron chi connectivity index (χ4n) is 2.95. The standard InChI is InChI=1S/C20H23N3O/c1-4-23-18-8-6-5-7-17(18)22-19(23)13-21-20(24)12-16-10-9-14(2)15(3)11-16/h5-11H,4,12-13H2,1-3H3,(H,21,24). The van der Waals surface area contributed by atoms with E-state index in [1.54, 1.807) is 0 Å². The van der Waals surface area contributed by atoms with Gasteiger partial charge in [-0.15, -0.1) is 0 Å². The van der Waals surface area contributed by atoms with E-state index in [1.165, 1.54) is 11.1 Å². The number of benzene rings is 2. The predicted molar refractivity (Wildman–Crippen MR) is 96.9 cm³/mol. The number of fused-ring (bicyclic) bond motifs is 1. The van der Waals surface area contributed by atoms with Gasteiger partial charge in [-0.2, -0.15) is 0 Å². The van der Waals surface area contributed by atoms with Crippen LogP contribution in [0.25, 0.3) is 11.0 Å². The molecule has 0 bridgehead atoms. The molecule has 0 atom stereocenters. The smallest absolute Gasteiger partial charge is 0.224 e. The molecule has 0 aliphatic carbocycles. The van der Waals surface area contributed by atoms with E-state index in [2.05, 4.69) is 53.8 Å². The van der Waals surface area contributed by atoms with Crippen LogP contribution >= 0.6 is 0 Å². The van der Waals surface area contributed by atoms with Gasteiger partial charge in [0.05, 0.1) is 24.0 Å². The Balaban J connectivity index is 1.69. The van der Waals surface area contributed by atoms with Crippen molar-refractivity contribution in [1.82, 2.24) is 14.9 Å². The zero-order valence-electron chi connectivity index (χ0n) is 14.5. The molecule has 3 aromatic rings. The topological polar surface area (TPSA) is 46.9 Å². The Morgan fingerprint density at radius 2 is 1.92 bits per heavy atom. The third-order valence-corrected chi connectivity index (χ3v) is 4.43. The van der Waals surface area contributed by atoms with Gasteiger partial charge in [0.25, 0.3) is 0 Å². The molecule has 1 N–H and O–H groups in total. The van der Waals surface area contributed by atoms with Gasteiger partial charge in [0.15, 0.2) is 0 Å². The molecule has 0 radical (unpaired) electrons. The number of hydrogen-bond donors (Lipinski definition) is 1. The Morgan fingerprint density at radius 1 is 1.12 bits per heavy atom. The lowest BCUT2D eigenvalue weighted by Gasteiger charge is -2.09. The van der Waals surface area contributed by atoms with Gasteiger partial charge in [0.1, 0.15) is 5.82 Å². The van der Waals surface area contributed by atoms with Crippen LogP contribution in [0.5, 0.6) is 0 Å². The summed E-state index contributed by atoms with van der Waals surface area (Å²) in [5.41, 5.74) is 5.58. The van der Waals surface area contributed by atoms with E-state index in [1.807, 2.05) is 24.3 Å². The van der Waals surface area contributed by atoms with Gasteiger partial charge in [0.2, 0.25) is 5.91 Å². The number of imidazole rings is 1. The Hall–Kier alpha value is -2.62. The first-order chi connectivity index (χ1) is 11.6. The Kier molecular flexibility index (Phi) is 4.65.